The van der Waals surface area contributed by atoms with Crippen molar-refractivity contribution in [1.82, 2.24) is 10.6 Å². The number of nitrogens with one attached hydrogen (secondary N) is 2. The standard InChI is InChI=1S/C13H14BrFN2O.ClH/c14-11-5-10(6-12(15)7-11)13(18)17-8-9-1-3-16-4-2-9;/h1,5-7,16H,2-4,8H2,(H,17,18);1H. The Hall–Kier alpha value is -0.910. The normalized spacial score (nSPS) is 14.3. The van der Waals surface area contributed by atoms with Crippen molar-refractivity contribution in [2.45, 2.75) is 6.42 Å². The lowest BCUT2D eigenvalue weighted by atomic mass is 10.1. The molecule has 19 heavy (non-hydrogen) atoms. The van der Waals surface area contributed by atoms with Gasteiger partial charge < -0.3 is 10.6 Å². The number of benzene rings is 1. The molecule has 104 valence electrons. The molecule has 1 aliphatic rings. The second-order valence-electron chi connectivity index (χ2n) is 4.16. The van der Waals surface area contributed by atoms with Gasteiger partial charge in [0.15, 0.2) is 0 Å². The zero-order valence-electron chi connectivity index (χ0n) is 10.2. The summed E-state index contributed by atoms with van der Waals surface area (Å²) >= 11 is 3.17. The van der Waals surface area contributed by atoms with Gasteiger partial charge in [0.25, 0.3) is 5.91 Å². The van der Waals surface area contributed by atoms with E-state index < -0.39 is 5.82 Å². The maximum absolute atomic E-state index is 13.2. The number of hydrogen-bond acceptors (Lipinski definition) is 2. The Morgan fingerprint density at radius 2 is 2.21 bits per heavy atom. The lowest BCUT2D eigenvalue weighted by Gasteiger charge is -2.14. The molecule has 0 unspecified atom stereocenters. The van der Waals surface area contributed by atoms with Crippen LogP contribution in [0.1, 0.15) is 16.8 Å². The maximum Gasteiger partial charge on any atom is 0.251 e. The first-order valence-electron chi connectivity index (χ1n) is 5.78. The summed E-state index contributed by atoms with van der Waals surface area (Å²) in [6, 6.07) is 4.16. The Morgan fingerprint density at radius 3 is 2.84 bits per heavy atom. The van der Waals surface area contributed by atoms with Crippen molar-refractivity contribution in [3.63, 3.8) is 0 Å². The summed E-state index contributed by atoms with van der Waals surface area (Å²) in [4.78, 5) is 11.9. The monoisotopic (exact) mass is 348 g/mol. The predicted molar refractivity (Wildman–Crippen MR) is 79.3 cm³/mol. The van der Waals surface area contributed by atoms with Crippen LogP contribution in [0.4, 0.5) is 4.39 Å². The van der Waals surface area contributed by atoms with E-state index in [1.165, 1.54) is 17.7 Å². The van der Waals surface area contributed by atoms with Crippen LogP contribution in [0.5, 0.6) is 0 Å². The van der Waals surface area contributed by atoms with E-state index in [1.54, 1.807) is 6.07 Å². The largest absolute Gasteiger partial charge is 0.348 e. The summed E-state index contributed by atoms with van der Waals surface area (Å²) in [5.74, 6) is -0.676. The second kappa shape index (κ2) is 7.62. The summed E-state index contributed by atoms with van der Waals surface area (Å²) < 4.78 is 13.7. The van der Waals surface area contributed by atoms with Crippen LogP contribution in [-0.2, 0) is 0 Å². The molecule has 2 N–H and O–H groups in total. The predicted octanol–water partition coefficient (Wildman–Crippen LogP) is 2.66. The van der Waals surface area contributed by atoms with Crippen LogP contribution in [0, 0.1) is 5.82 Å². The van der Waals surface area contributed by atoms with Gasteiger partial charge in [-0.3, -0.25) is 4.79 Å². The Bertz CT molecular complexity index is 473. The van der Waals surface area contributed by atoms with E-state index in [0.717, 1.165) is 19.5 Å². The maximum atomic E-state index is 13.2. The van der Waals surface area contributed by atoms with E-state index in [2.05, 4.69) is 32.6 Å². The lowest BCUT2D eigenvalue weighted by Crippen LogP contribution is -2.29. The van der Waals surface area contributed by atoms with Crippen molar-refractivity contribution in [3.05, 3.63) is 45.7 Å². The summed E-state index contributed by atoms with van der Waals surface area (Å²) in [6.07, 6.45) is 3.01. The number of rotatable bonds is 3. The summed E-state index contributed by atoms with van der Waals surface area (Å²) in [7, 11) is 0. The Balaban J connectivity index is 0.00000180. The zero-order chi connectivity index (χ0) is 13.0. The number of carbonyl (C=O) groups is 1. The van der Waals surface area contributed by atoms with E-state index in [9.17, 15) is 9.18 Å². The molecular weight excluding hydrogens is 335 g/mol. The highest BCUT2D eigenvalue weighted by Gasteiger charge is 2.09. The smallest absolute Gasteiger partial charge is 0.251 e. The third-order valence-corrected chi connectivity index (χ3v) is 3.22. The first kappa shape index (κ1) is 16.1. The summed E-state index contributed by atoms with van der Waals surface area (Å²) in [6.45, 7) is 2.30. The van der Waals surface area contributed by atoms with Crippen LogP contribution in [0.2, 0.25) is 0 Å². The number of amides is 1. The highest BCUT2D eigenvalue weighted by molar-refractivity contribution is 9.10. The molecule has 3 nitrogen and oxygen atoms in total. The Morgan fingerprint density at radius 1 is 1.42 bits per heavy atom. The number of halogens is 3. The molecule has 1 aliphatic heterocycles. The molecule has 1 aromatic rings. The van der Waals surface area contributed by atoms with E-state index in [0.29, 0.717) is 16.6 Å². The van der Waals surface area contributed by atoms with Crippen LogP contribution in [0.3, 0.4) is 0 Å². The zero-order valence-corrected chi connectivity index (χ0v) is 12.6. The van der Waals surface area contributed by atoms with Crippen molar-refractivity contribution in [1.29, 1.82) is 0 Å². The average molecular weight is 350 g/mol. The van der Waals surface area contributed by atoms with Gasteiger partial charge >= 0.3 is 0 Å². The molecule has 0 spiro atoms. The molecule has 2 rings (SSSR count). The van der Waals surface area contributed by atoms with E-state index >= 15 is 0 Å². The molecule has 0 saturated heterocycles. The van der Waals surface area contributed by atoms with Gasteiger partial charge in [-0.1, -0.05) is 27.6 Å². The van der Waals surface area contributed by atoms with Gasteiger partial charge in [-0.15, -0.1) is 12.4 Å². The van der Waals surface area contributed by atoms with Gasteiger partial charge in [0, 0.05) is 23.1 Å². The highest BCUT2D eigenvalue weighted by Crippen LogP contribution is 2.15. The summed E-state index contributed by atoms with van der Waals surface area (Å²) in [5, 5.41) is 6.00. The summed E-state index contributed by atoms with van der Waals surface area (Å²) in [5.41, 5.74) is 1.54. The first-order chi connectivity index (χ1) is 8.65. The fourth-order valence-corrected chi connectivity index (χ4v) is 2.28. The van der Waals surface area contributed by atoms with Crippen LogP contribution in [0.15, 0.2) is 34.3 Å². The molecule has 0 radical (unpaired) electrons. The average Bonchev–Trinajstić information content (AvgIpc) is 2.36. The molecule has 0 saturated carbocycles. The molecule has 6 heteroatoms. The minimum atomic E-state index is -0.421. The van der Waals surface area contributed by atoms with Gasteiger partial charge in [-0.2, -0.15) is 0 Å². The van der Waals surface area contributed by atoms with Crippen LogP contribution in [-0.4, -0.2) is 25.5 Å². The fraction of sp³-hybridized carbons (Fsp3) is 0.308. The van der Waals surface area contributed by atoms with Crippen LogP contribution in [0.25, 0.3) is 0 Å². The van der Waals surface area contributed by atoms with Gasteiger partial charge in [-0.05, 0) is 31.2 Å². The molecule has 0 fully saturated rings. The third-order valence-electron chi connectivity index (χ3n) is 2.76. The second-order valence-corrected chi connectivity index (χ2v) is 5.07. The van der Waals surface area contributed by atoms with E-state index in [1.807, 2.05) is 0 Å². The van der Waals surface area contributed by atoms with Crippen molar-refractivity contribution in [2.75, 3.05) is 19.6 Å². The quantitative estimate of drug-likeness (QED) is 0.824. The fourth-order valence-electron chi connectivity index (χ4n) is 1.81. The molecule has 0 bridgehead atoms. The molecule has 0 aromatic heterocycles. The van der Waals surface area contributed by atoms with Gasteiger partial charge in [0.1, 0.15) is 5.82 Å². The first-order valence-corrected chi connectivity index (χ1v) is 6.57. The van der Waals surface area contributed by atoms with E-state index in [4.69, 9.17) is 0 Å². The highest BCUT2D eigenvalue weighted by atomic mass is 79.9. The van der Waals surface area contributed by atoms with Crippen LogP contribution < -0.4 is 10.6 Å². The minimum absolute atomic E-state index is 0. The van der Waals surface area contributed by atoms with E-state index in [-0.39, 0.29) is 18.3 Å². The molecule has 1 aromatic carbocycles. The Kier molecular flexibility index (Phi) is 6.48. The van der Waals surface area contributed by atoms with Gasteiger partial charge in [0.2, 0.25) is 0 Å². The van der Waals surface area contributed by atoms with Crippen molar-refractivity contribution < 1.29 is 9.18 Å². The van der Waals surface area contributed by atoms with Gasteiger partial charge in [-0.25, -0.2) is 4.39 Å². The van der Waals surface area contributed by atoms with Crippen molar-refractivity contribution in [2.24, 2.45) is 0 Å². The molecule has 1 heterocycles. The Labute approximate surface area is 126 Å². The molecular formula is C13H15BrClFN2O. The molecule has 0 atom stereocenters. The van der Waals surface area contributed by atoms with Crippen LogP contribution >= 0.6 is 28.3 Å². The van der Waals surface area contributed by atoms with Crippen molar-refractivity contribution in [3.8, 4) is 0 Å². The topological polar surface area (TPSA) is 41.1 Å². The molecule has 1 amide bonds. The minimum Gasteiger partial charge on any atom is -0.348 e. The van der Waals surface area contributed by atoms with Crippen molar-refractivity contribution >= 4 is 34.2 Å². The lowest BCUT2D eigenvalue weighted by molar-refractivity contribution is 0.0956. The molecule has 0 aliphatic carbocycles. The number of carbonyl (C=O) groups excluding carboxylic acids is 1. The SMILES string of the molecule is Cl.O=C(NCC1=CCNCC1)c1cc(F)cc(Br)c1. The van der Waals surface area contributed by atoms with Gasteiger partial charge in [0.05, 0.1) is 0 Å². The third kappa shape index (κ3) is 4.93. The number of hydrogen-bond donors (Lipinski definition) is 2.